The molecule has 0 aliphatic heterocycles. The zero-order valence-corrected chi connectivity index (χ0v) is 17.2. The van der Waals surface area contributed by atoms with E-state index < -0.39 is 0 Å². The number of rotatable bonds is 8. The van der Waals surface area contributed by atoms with Gasteiger partial charge in [-0.25, -0.2) is 4.98 Å². The Morgan fingerprint density at radius 1 is 0.893 bits per heavy atom. The number of aromatic nitrogens is 2. The summed E-state index contributed by atoms with van der Waals surface area (Å²) in [4.78, 5) is 4.73. The zero-order valence-electron chi connectivity index (χ0n) is 17.2. The fourth-order valence-electron chi connectivity index (χ4n) is 3.53. The van der Waals surface area contributed by atoms with Crippen molar-refractivity contribution in [2.24, 2.45) is 0 Å². The first kappa shape index (κ1) is 19.8. The van der Waals surface area contributed by atoms with E-state index >= 15 is 0 Å². The van der Waals surface area contributed by atoms with E-state index in [1.165, 1.54) is 11.3 Å². The van der Waals surface area contributed by atoms with E-state index in [0.717, 1.165) is 30.0 Å². The first-order chi connectivity index (χ1) is 13.6. The topological polar surface area (TPSA) is 45.5 Å². The average Bonchev–Trinajstić information content (AvgIpc) is 3.16. The van der Waals surface area contributed by atoms with Gasteiger partial charge in [-0.3, -0.25) is 0 Å². The van der Waals surface area contributed by atoms with Gasteiger partial charge in [0.25, 0.3) is 0 Å². The maximum absolute atomic E-state index is 5.48. The van der Waals surface area contributed by atoms with Crippen molar-refractivity contribution in [3.05, 3.63) is 60.0 Å². The predicted octanol–water partition coefficient (Wildman–Crippen LogP) is 4.94. The third kappa shape index (κ3) is 3.98. The molecular formula is C23H28N2O3. The van der Waals surface area contributed by atoms with Crippen molar-refractivity contribution < 1.29 is 14.2 Å². The smallest absolute Gasteiger partial charge is 0.161 e. The number of hydrogen-bond acceptors (Lipinski definition) is 4. The van der Waals surface area contributed by atoms with Gasteiger partial charge in [0.05, 0.1) is 33.4 Å². The molecule has 1 heterocycles. The summed E-state index contributed by atoms with van der Waals surface area (Å²) in [6, 6.07) is 14.1. The second-order valence-electron chi connectivity index (χ2n) is 6.96. The Bertz CT molecular complexity index is 931. The molecule has 1 aromatic heterocycles. The van der Waals surface area contributed by atoms with Crippen LogP contribution in [0.1, 0.15) is 31.0 Å². The molecule has 0 aliphatic carbocycles. The highest BCUT2D eigenvalue weighted by Crippen LogP contribution is 2.35. The van der Waals surface area contributed by atoms with Crippen LogP contribution in [0, 0.1) is 0 Å². The molecule has 2 aromatic carbocycles. The minimum Gasteiger partial charge on any atom is -0.496 e. The summed E-state index contributed by atoms with van der Waals surface area (Å²) in [6.07, 6.45) is 2.81. The number of benzene rings is 2. The van der Waals surface area contributed by atoms with E-state index in [4.69, 9.17) is 19.2 Å². The van der Waals surface area contributed by atoms with Gasteiger partial charge in [-0.05, 0) is 42.2 Å². The van der Waals surface area contributed by atoms with E-state index in [0.29, 0.717) is 17.4 Å². The van der Waals surface area contributed by atoms with Gasteiger partial charge in [0, 0.05) is 17.8 Å². The van der Waals surface area contributed by atoms with E-state index in [1.807, 2.05) is 42.7 Å². The van der Waals surface area contributed by atoms with E-state index in [-0.39, 0.29) is 0 Å². The quantitative estimate of drug-likeness (QED) is 0.555. The Kier molecular flexibility index (Phi) is 6.24. The van der Waals surface area contributed by atoms with Gasteiger partial charge in [-0.2, -0.15) is 0 Å². The summed E-state index contributed by atoms with van der Waals surface area (Å²) in [5, 5.41) is 0. The Morgan fingerprint density at radius 2 is 1.61 bits per heavy atom. The van der Waals surface area contributed by atoms with Gasteiger partial charge in [0.15, 0.2) is 11.5 Å². The molecule has 0 saturated carbocycles. The highest BCUT2D eigenvalue weighted by atomic mass is 16.5. The SMILES string of the molecule is COc1ccccc1CCn1cnc(-c2ccc(OC)c(OC)c2)c1C(C)C. The summed E-state index contributed by atoms with van der Waals surface area (Å²) in [5.74, 6) is 2.68. The molecule has 0 bridgehead atoms. The molecule has 148 valence electrons. The molecule has 0 aliphatic rings. The van der Waals surface area contributed by atoms with Crippen molar-refractivity contribution in [1.82, 2.24) is 9.55 Å². The monoisotopic (exact) mass is 380 g/mol. The summed E-state index contributed by atoms with van der Waals surface area (Å²) in [5.41, 5.74) is 4.41. The molecule has 28 heavy (non-hydrogen) atoms. The number of ether oxygens (including phenoxy) is 3. The van der Waals surface area contributed by atoms with Crippen LogP contribution in [0.2, 0.25) is 0 Å². The molecule has 3 rings (SSSR count). The van der Waals surface area contributed by atoms with Crippen LogP contribution in [-0.4, -0.2) is 30.9 Å². The van der Waals surface area contributed by atoms with E-state index in [2.05, 4.69) is 24.5 Å². The number of imidazole rings is 1. The van der Waals surface area contributed by atoms with Crippen LogP contribution in [-0.2, 0) is 13.0 Å². The largest absolute Gasteiger partial charge is 0.496 e. The highest BCUT2D eigenvalue weighted by Gasteiger charge is 2.18. The molecule has 0 saturated heterocycles. The van der Waals surface area contributed by atoms with Crippen LogP contribution in [0.15, 0.2) is 48.8 Å². The lowest BCUT2D eigenvalue weighted by atomic mass is 10.0. The number of para-hydroxylation sites is 1. The Balaban J connectivity index is 1.92. The molecule has 0 spiro atoms. The standard InChI is InChI=1S/C23H28N2O3/c1-16(2)23-22(18-10-11-20(27-4)21(14-18)28-5)24-15-25(23)13-12-17-8-6-7-9-19(17)26-3/h6-11,14-16H,12-13H2,1-5H3. The highest BCUT2D eigenvalue weighted by molar-refractivity contribution is 5.66. The average molecular weight is 380 g/mol. The van der Waals surface area contributed by atoms with Gasteiger partial charge in [0.1, 0.15) is 5.75 Å². The Labute approximate surface area is 166 Å². The first-order valence-electron chi connectivity index (χ1n) is 9.48. The van der Waals surface area contributed by atoms with Crippen LogP contribution in [0.25, 0.3) is 11.3 Å². The Hall–Kier alpha value is -2.95. The van der Waals surface area contributed by atoms with Crippen LogP contribution in [0.3, 0.4) is 0 Å². The minimum atomic E-state index is 0.336. The minimum absolute atomic E-state index is 0.336. The van der Waals surface area contributed by atoms with Gasteiger partial charge >= 0.3 is 0 Å². The van der Waals surface area contributed by atoms with Gasteiger partial charge < -0.3 is 18.8 Å². The van der Waals surface area contributed by atoms with E-state index in [1.54, 1.807) is 21.3 Å². The molecule has 0 amide bonds. The maximum Gasteiger partial charge on any atom is 0.161 e. The summed E-state index contributed by atoms with van der Waals surface area (Å²) in [7, 11) is 5.01. The summed E-state index contributed by atoms with van der Waals surface area (Å²) >= 11 is 0. The number of nitrogens with zero attached hydrogens (tertiary/aromatic N) is 2. The van der Waals surface area contributed by atoms with Crippen molar-refractivity contribution in [3.63, 3.8) is 0 Å². The molecule has 5 nitrogen and oxygen atoms in total. The first-order valence-corrected chi connectivity index (χ1v) is 9.48. The van der Waals surface area contributed by atoms with Crippen molar-refractivity contribution in [2.75, 3.05) is 21.3 Å². The molecule has 0 unspecified atom stereocenters. The summed E-state index contributed by atoms with van der Waals surface area (Å²) < 4.78 is 18.5. The van der Waals surface area contributed by atoms with Crippen LogP contribution in [0.4, 0.5) is 0 Å². The van der Waals surface area contributed by atoms with Gasteiger partial charge in [-0.1, -0.05) is 32.0 Å². The zero-order chi connectivity index (χ0) is 20.1. The number of methoxy groups -OCH3 is 3. The lowest BCUT2D eigenvalue weighted by molar-refractivity contribution is 0.355. The fraction of sp³-hybridized carbons (Fsp3) is 0.348. The molecule has 5 heteroatoms. The molecular weight excluding hydrogens is 352 g/mol. The predicted molar refractivity (Wildman–Crippen MR) is 112 cm³/mol. The second kappa shape index (κ2) is 8.83. The summed E-state index contributed by atoms with van der Waals surface area (Å²) in [6.45, 7) is 5.23. The molecule has 3 aromatic rings. The lowest BCUT2D eigenvalue weighted by Crippen LogP contribution is -2.07. The van der Waals surface area contributed by atoms with Gasteiger partial charge in [-0.15, -0.1) is 0 Å². The van der Waals surface area contributed by atoms with Crippen molar-refractivity contribution >= 4 is 0 Å². The van der Waals surface area contributed by atoms with Crippen LogP contribution < -0.4 is 14.2 Å². The van der Waals surface area contributed by atoms with Crippen LogP contribution >= 0.6 is 0 Å². The van der Waals surface area contributed by atoms with Crippen molar-refractivity contribution in [2.45, 2.75) is 32.7 Å². The number of hydrogen-bond donors (Lipinski definition) is 0. The molecule has 0 atom stereocenters. The fourth-order valence-corrected chi connectivity index (χ4v) is 3.53. The molecule has 0 N–H and O–H groups in total. The van der Waals surface area contributed by atoms with Gasteiger partial charge in [0.2, 0.25) is 0 Å². The maximum atomic E-state index is 5.48. The Morgan fingerprint density at radius 3 is 2.29 bits per heavy atom. The number of aryl methyl sites for hydroxylation is 2. The van der Waals surface area contributed by atoms with Crippen LogP contribution in [0.5, 0.6) is 17.2 Å². The second-order valence-corrected chi connectivity index (χ2v) is 6.96. The third-order valence-electron chi connectivity index (χ3n) is 4.90. The van der Waals surface area contributed by atoms with E-state index in [9.17, 15) is 0 Å². The lowest BCUT2D eigenvalue weighted by Gasteiger charge is -2.15. The third-order valence-corrected chi connectivity index (χ3v) is 4.90. The van der Waals surface area contributed by atoms with Crippen molar-refractivity contribution in [1.29, 1.82) is 0 Å². The molecule has 0 fully saturated rings. The normalized spacial score (nSPS) is 10.9. The molecule has 0 radical (unpaired) electrons. The van der Waals surface area contributed by atoms with Crippen molar-refractivity contribution in [3.8, 4) is 28.5 Å².